The molecule has 1 aromatic heterocycles. The van der Waals surface area contributed by atoms with Gasteiger partial charge < -0.3 is 9.84 Å². The minimum absolute atomic E-state index is 0.0504. The number of aliphatic hydroxyl groups is 1. The van der Waals surface area contributed by atoms with Crippen molar-refractivity contribution in [3.63, 3.8) is 0 Å². The van der Waals surface area contributed by atoms with Crippen molar-refractivity contribution in [2.75, 3.05) is 11.5 Å². The molecule has 1 aliphatic heterocycles. The summed E-state index contributed by atoms with van der Waals surface area (Å²) in [6.45, 7) is 12.5. The number of pyridine rings is 1. The van der Waals surface area contributed by atoms with Crippen LogP contribution in [0, 0.1) is 13.8 Å². The number of aromatic nitrogens is 1. The first-order valence-corrected chi connectivity index (χ1v) is 12.1. The summed E-state index contributed by atoms with van der Waals surface area (Å²) in [4.78, 5) is 32.4. The number of ketones is 1. The van der Waals surface area contributed by atoms with Gasteiger partial charge in [0, 0.05) is 29.2 Å². The summed E-state index contributed by atoms with van der Waals surface area (Å²) in [5, 5.41) is 11.5. The number of amides is 1. The number of carbonyl (C=O) groups excluding carboxylic acids is 2. The Morgan fingerprint density at radius 3 is 2.22 bits per heavy atom. The zero-order chi connectivity index (χ0) is 26.2. The number of anilines is 1. The zero-order valence-corrected chi connectivity index (χ0v) is 21.6. The van der Waals surface area contributed by atoms with Gasteiger partial charge in [-0.05, 0) is 85.3 Å². The van der Waals surface area contributed by atoms with Gasteiger partial charge in [-0.15, -0.1) is 0 Å². The molecule has 2 aromatic carbocycles. The molecule has 0 radical (unpaired) electrons. The Kier molecular flexibility index (Phi) is 6.72. The van der Waals surface area contributed by atoms with Crippen LogP contribution in [0.3, 0.4) is 0 Å². The summed E-state index contributed by atoms with van der Waals surface area (Å²) in [6, 6.07) is 13.9. The number of aliphatic hydroxyl groups excluding tert-OH is 1. The van der Waals surface area contributed by atoms with Crippen LogP contribution in [0.15, 0.2) is 66.5 Å². The first-order chi connectivity index (χ1) is 17.0. The van der Waals surface area contributed by atoms with Gasteiger partial charge in [-0.1, -0.05) is 26.8 Å². The second-order valence-electron chi connectivity index (χ2n) is 10.2. The van der Waals surface area contributed by atoms with Crippen molar-refractivity contribution in [1.82, 2.24) is 4.98 Å². The first kappa shape index (κ1) is 25.2. The molecule has 1 fully saturated rings. The molecule has 186 valence electrons. The van der Waals surface area contributed by atoms with E-state index in [0.717, 1.165) is 22.4 Å². The van der Waals surface area contributed by atoms with Crippen molar-refractivity contribution in [1.29, 1.82) is 0 Å². The highest BCUT2D eigenvalue weighted by atomic mass is 16.5. The zero-order valence-electron chi connectivity index (χ0n) is 21.6. The van der Waals surface area contributed by atoms with E-state index in [0.29, 0.717) is 23.4 Å². The molecule has 1 amide bonds. The summed E-state index contributed by atoms with van der Waals surface area (Å²) in [5.41, 5.74) is 4.39. The van der Waals surface area contributed by atoms with Crippen molar-refractivity contribution in [3.05, 3.63) is 94.3 Å². The van der Waals surface area contributed by atoms with Gasteiger partial charge in [-0.25, -0.2) is 0 Å². The normalized spacial score (nSPS) is 17.5. The quantitative estimate of drug-likeness (QED) is 0.272. The molecule has 3 aromatic rings. The van der Waals surface area contributed by atoms with Gasteiger partial charge >= 0.3 is 0 Å². The Morgan fingerprint density at radius 1 is 1.00 bits per heavy atom. The number of hydrogen-bond donors (Lipinski definition) is 1. The number of nitrogens with zero attached hydrogens (tertiary/aromatic N) is 2. The van der Waals surface area contributed by atoms with E-state index in [1.165, 1.54) is 4.90 Å². The van der Waals surface area contributed by atoms with E-state index in [1.54, 1.807) is 36.7 Å². The van der Waals surface area contributed by atoms with E-state index >= 15 is 0 Å². The van der Waals surface area contributed by atoms with E-state index < -0.39 is 17.7 Å². The fourth-order valence-electron chi connectivity index (χ4n) is 4.75. The lowest BCUT2D eigenvalue weighted by Crippen LogP contribution is -2.29. The topological polar surface area (TPSA) is 79.7 Å². The van der Waals surface area contributed by atoms with E-state index in [9.17, 15) is 14.7 Å². The number of Topliss-reactive ketones (excluding diaryl/α,β-unsaturated/α-hetero) is 1. The Labute approximate surface area is 212 Å². The number of carbonyl (C=O) groups is 2. The van der Waals surface area contributed by atoms with Gasteiger partial charge in [0.25, 0.3) is 11.7 Å². The highest BCUT2D eigenvalue weighted by Crippen LogP contribution is 2.43. The lowest BCUT2D eigenvalue weighted by molar-refractivity contribution is -0.132. The summed E-state index contributed by atoms with van der Waals surface area (Å²) in [5.74, 6) is -0.886. The largest absolute Gasteiger partial charge is 0.507 e. The fourth-order valence-corrected chi connectivity index (χ4v) is 4.75. The molecular weight excluding hydrogens is 452 g/mol. The standard InChI is InChI=1S/C30H32N2O4/c1-7-36-24-9-8-21(17-23(24)30(4,5)6)27(33)25-26(20-10-12-31-13-11-20)32(29(35)28(25)34)22-15-18(2)14-19(3)16-22/h8-17,26,33H,7H2,1-6H3/b27-25-. The van der Waals surface area contributed by atoms with Crippen molar-refractivity contribution in [3.8, 4) is 5.75 Å². The smallest absolute Gasteiger partial charge is 0.300 e. The fraction of sp³-hybridized carbons (Fsp3) is 0.300. The van der Waals surface area contributed by atoms with E-state index in [4.69, 9.17) is 4.74 Å². The molecule has 0 aliphatic carbocycles. The third kappa shape index (κ3) is 4.63. The Hall–Kier alpha value is -3.93. The van der Waals surface area contributed by atoms with Crippen molar-refractivity contribution in [2.45, 2.75) is 53.0 Å². The molecule has 4 rings (SSSR count). The molecule has 1 unspecified atom stereocenters. The predicted octanol–water partition coefficient (Wildman–Crippen LogP) is 6.02. The predicted molar refractivity (Wildman–Crippen MR) is 141 cm³/mol. The molecule has 1 saturated heterocycles. The van der Waals surface area contributed by atoms with Crippen LogP contribution in [-0.4, -0.2) is 28.4 Å². The first-order valence-electron chi connectivity index (χ1n) is 12.1. The van der Waals surface area contributed by atoms with Gasteiger partial charge in [-0.2, -0.15) is 0 Å². The minimum atomic E-state index is -0.793. The van der Waals surface area contributed by atoms with Crippen LogP contribution in [0.1, 0.15) is 61.6 Å². The summed E-state index contributed by atoms with van der Waals surface area (Å²) in [6.07, 6.45) is 3.23. The minimum Gasteiger partial charge on any atom is -0.507 e. The van der Waals surface area contributed by atoms with Crippen molar-refractivity contribution >= 4 is 23.1 Å². The maximum Gasteiger partial charge on any atom is 0.300 e. The summed E-state index contributed by atoms with van der Waals surface area (Å²) >= 11 is 0. The molecule has 0 saturated carbocycles. The molecule has 2 heterocycles. The van der Waals surface area contributed by atoms with Crippen LogP contribution in [0.4, 0.5) is 5.69 Å². The third-order valence-electron chi connectivity index (χ3n) is 6.31. The van der Waals surface area contributed by atoms with Crippen LogP contribution in [0.5, 0.6) is 5.75 Å². The number of aryl methyl sites for hydroxylation is 2. The van der Waals surface area contributed by atoms with Crippen LogP contribution in [0.25, 0.3) is 5.76 Å². The van der Waals surface area contributed by atoms with Crippen LogP contribution in [0.2, 0.25) is 0 Å². The average molecular weight is 485 g/mol. The molecule has 1 atom stereocenters. The lowest BCUT2D eigenvalue weighted by Gasteiger charge is -2.26. The van der Waals surface area contributed by atoms with E-state index in [1.807, 2.05) is 45.0 Å². The molecule has 0 bridgehead atoms. The van der Waals surface area contributed by atoms with Gasteiger partial charge in [-0.3, -0.25) is 19.5 Å². The average Bonchev–Trinajstić information content (AvgIpc) is 3.09. The maximum absolute atomic E-state index is 13.5. The SMILES string of the molecule is CCOc1ccc(/C(O)=C2/C(=O)C(=O)N(c3cc(C)cc(C)c3)C2c2ccncc2)cc1C(C)(C)C. The highest BCUT2D eigenvalue weighted by molar-refractivity contribution is 6.51. The molecular formula is C30H32N2O4. The monoisotopic (exact) mass is 484 g/mol. The number of benzene rings is 2. The summed E-state index contributed by atoms with van der Waals surface area (Å²) < 4.78 is 5.82. The Bertz CT molecular complexity index is 1330. The van der Waals surface area contributed by atoms with Gasteiger partial charge in [0.15, 0.2) is 0 Å². The van der Waals surface area contributed by atoms with Crippen molar-refractivity contribution in [2.24, 2.45) is 0 Å². The van der Waals surface area contributed by atoms with Crippen LogP contribution in [-0.2, 0) is 15.0 Å². The van der Waals surface area contributed by atoms with E-state index in [2.05, 4.69) is 25.8 Å². The molecule has 0 spiro atoms. The van der Waals surface area contributed by atoms with Gasteiger partial charge in [0.05, 0.1) is 18.2 Å². The second kappa shape index (κ2) is 9.61. The van der Waals surface area contributed by atoms with Crippen molar-refractivity contribution < 1.29 is 19.4 Å². The number of rotatable bonds is 5. The highest BCUT2D eigenvalue weighted by Gasteiger charge is 2.47. The van der Waals surface area contributed by atoms with Gasteiger partial charge in [0.2, 0.25) is 0 Å². The van der Waals surface area contributed by atoms with Crippen LogP contribution >= 0.6 is 0 Å². The number of ether oxygens (including phenoxy) is 1. The molecule has 36 heavy (non-hydrogen) atoms. The van der Waals surface area contributed by atoms with E-state index in [-0.39, 0.29) is 16.7 Å². The van der Waals surface area contributed by atoms with Gasteiger partial charge in [0.1, 0.15) is 11.5 Å². The Balaban J connectivity index is 1.95. The molecule has 6 nitrogen and oxygen atoms in total. The number of hydrogen-bond acceptors (Lipinski definition) is 5. The molecule has 1 N–H and O–H groups in total. The Morgan fingerprint density at radius 2 is 1.64 bits per heavy atom. The summed E-state index contributed by atoms with van der Waals surface area (Å²) in [7, 11) is 0. The van der Waals surface area contributed by atoms with Crippen LogP contribution < -0.4 is 9.64 Å². The second-order valence-corrected chi connectivity index (χ2v) is 10.2. The third-order valence-corrected chi connectivity index (χ3v) is 6.31. The molecule has 1 aliphatic rings. The lowest BCUT2D eigenvalue weighted by atomic mass is 9.84. The molecule has 6 heteroatoms. The maximum atomic E-state index is 13.5.